The minimum atomic E-state index is -0.417. The maximum atomic E-state index is 12.9. The Labute approximate surface area is 297 Å². The Bertz CT molecular complexity index is 1570. The van der Waals surface area contributed by atoms with Crippen LogP contribution in [0.4, 0.5) is 0 Å². The zero-order chi connectivity index (χ0) is 35.7. The van der Waals surface area contributed by atoms with Crippen molar-refractivity contribution in [2.45, 2.75) is 77.8 Å². The molecule has 0 aromatic heterocycles. The molecule has 0 spiro atoms. The molecule has 260 valence electrons. The van der Waals surface area contributed by atoms with E-state index >= 15 is 0 Å². The van der Waals surface area contributed by atoms with Gasteiger partial charge >= 0.3 is 11.9 Å². The predicted octanol–water partition coefficient (Wildman–Crippen LogP) is 10.9. The van der Waals surface area contributed by atoms with Gasteiger partial charge in [0.15, 0.2) is 0 Å². The first-order valence-corrected chi connectivity index (χ1v) is 17.2. The SMILES string of the molecule is C=C(C[C@@H](C/C(=C/C)OC(=O)c1ccccc1)O[C@@H](C)c1ccccc1)C[C@H](C/C(=C/C)OC(=O)c1ccccc1)O[C@H](C)c1ccccc1. The number of esters is 2. The highest BCUT2D eigenvalue weighted by atomic mass is 16.5. The monoisotopic (exact) mass is 672 g/mol. The lowest BCUT2D eigenvalue weighted by Gasteiger charge is -2.27. The molecular formula is C44H48O6. The second-order valence-corrected chi connectivity index (χ2v) is 12.2. The molecule has 0 aliphatic rings. The molecule has 4 rings (SSSR count). The van der Waals surface area contributed by atoms with Crippen LogP contribution in [0.2, 0.25) is 0 Å². The first-order valence-electron chi connectivity index (χ1n) is 17.2. The van der Waals surface area contributed by atoms with Crippen LogP contribution in [-0.2, 0) is 18.9 Å². The fourth-order valence-electron chi connectivity index (χ4n) is 5.64. The zero-order valence-electron chi connectivity index (χ0n) is 29.5. The predicted molar refractivity (Wildman–Crippen MR) is 198 cm³/mol. The Morgan fingerprint density at radius 3 is 1.18 bits per heavy atom. The van der Waals surface area contributed by atoms with Gasteiger partial charge in [-0.3, -0.25) is 0 Å². The Morgan fingerprint density at radius 2 is 0.860 bits per heavy atom. The number of benzene rings is 4. The number of allylic oxidation sites excluding steroid dienone is 2. The topological polar surface area (TPSA) is 71.1 Å². The molecule has 4 atom stereocenters. The van der Waals surface area contributed by atoms with Crippen molar-refractivity contribution in [2.24, 2.45) is 0 Å². The molecule has 4 aromatic rings. The summed E-state index contributed by atoms with van der Waals surface area (Å²) in [4.78, 5) is 25.9. The molecule has 0 saturated heterocycles. The molecule has 6 heteroatoms. The van der Waals surface area contributed by atoms with Crippen molar-refractivity contribution in [1.29, 1.82) is 0 Å². The van der Waals surface area contributed by atoms with Crippen LogP contribution in [0.15, 0.2) is 157 Å². The molecule has 0 saturated carbocycles. The van der Waals surface area contributed by atoms with Gasteiger partial charge in [0.05, 0.1) is 35.5 Å². The normalized spacial score (nSPS) is 14.2. The van der Waals surface area contributed by atoms with Crippen molar-refractivity contribution >= 4 is 11.9 Å². The fraction of sp³-hybridized carbons (Fsp3) is 0.273. The van der Waals surface area contributed by atoms with Gasteiger partial charge in [0.2, 0.25) is 0 Å². The van der Waals surface area contributed by atoms with E-state index in [1.165, 1.54) is 0 Å². The minimum Gasteiger partial charge on any atom is -0.428 e. The second kappa shape index (κ2) is 19.8. The molecule has 0 fully saturated rings. The Hall–Kier alpha value is -5.04. The molecule has 0 N–H and O–H groups in total. The number of carbonyl (C=O) groups excluding carboxylic acids is 2. The lowest BCUT2D eigenvalue weighted by molar-refractivity contribution is -0.0187. The molecule has 0 aliphatic heterocycles. The van der Waals surface area contributed by atoms with E-state index in [9.17, 15) is 9.59 Å². The van der Waals surface area contributed by atoms with Crippen LogP contribution in [0.5, 0.6) is 0 Å². The fourth-order valence-corrected chi connectivity index (χ4v) is 5.64. The standard InChI is InChI=1S/C44H48O6/c1-6-39(49-43(45)37-24-16-10-17-25-37)30-41(47-33(4)35-20-12-8-13-21-35)28-32(3)29-42(48-34(5)36-22-14-9-15-23-36)31-40(7-2)50-44(46)38-26-18-11-19-27-38/h6-27,33-34,41-42H,3,28-31H2,1-2,4-5H3/b39-6-,40-7-/t33-,34+,41-,42+. The van der Waals surface area contributed by atoms with E-state index in [4.69, 9.17) is 18.9 Å². The molecule has 0 unspecified atom stereocenters. The van der Waals surface area contributed by atoms with Crippen LogP contribution >= 0.6 is 0 Å². The summed E-state index contributed by atoms with van der Waals surface area (Å²) in [5.41, 5.74) is 3.94. The third-order valence-electron chi connectivity index (χ3n) is 8.33. The summed E-state index contributed by atoms with van der Waals surface area (Å²) < 4.78 is 25.0. The number of ether oxygens (including phenoxy) is 4. The Kier molecular flexibility index (Phi) is 15.0. The Balaban J connectivity index is 1.51. The summed E-state index contributed by atoms with van der Waals surface area (Å²) in [6.07, 6.45) is 4.20. The smallest absolute Gasteiger partial charge is 0.343 e. The summed E-state index contributed by atoms with van der Waals surface area (Å²) in [6.45, 7) is 12.2. The highest BCUT2D eigenvalue weighted by molar-refractivity contribution is 5.90. The average molecular weight is 673 g/mol. The maximum Gasteiger partial charge on any atom is 0.343 e. The molecule has 0 amide bonds. The van der Waals surface area contributed by atoms with Crippen molar-refractivity contribution < 1.29 is 28.5 Å². The van der Waals surface area contributed by atoms with E-state index in [2.05, 4.69) is 6.58 Å². The van der Waals surface area contributed by atoms with Crippen LogP contribution in [0.25, 0.3) is 0 Å². The number of hydrogen-bond donors (Lipinski definition) is 0. The summed E-state index contributed by atoms with van der Waals surface area (Å²) in [5, 5.41) is 0. The zero-order valence-corrected chi connectivity index (χ0v) is 29.5. The van der Waals surface area contributed by atoms with Crippen LogP contribution in [0.1, 0.15) is 97.4 Å². The van der Waals surface area contributed by atoms with Gasteiger partial charge < -0.3 is 18.9 Å². The van der Waals surface area contributed by atoms with Gasteiger partial charge in [0, 0.05) is 12.8 Å². The van der Waals surface area contributed by atoms with Gasteiger partial charge in [0.25, 0.3) is 0 Å². The van der Waals surface area contributed by atoms with Crippen molar-refractivity contribution in [3.63, 3.8) is 0 Å². The molecule has 0 aliphatic carbocycles. The van der Waals surface area contributed by atoms with E-state index in [-0.39, 0.29) is 24.4 Å². The minimum absolute atomic E-state index is 0.214. The molecular weight excluding hydrogens is 624 g/mol. The summed E-state index contributed by atoms with van der Waals surface area (Å²) in [5.74, 6) is 0.206. The largest absolute Gasteiger partial charge is 0.428 e. The third-order valence-corrected chi connectivity index (χ3v) is 8.33. The van der Waals surface area contributed by atoms with Gasteiger partial charge in [-0.1, -0.05) is 109 Å². The summed E-state index contributed by atoms with van der Waals surface area (Å²) in [6, 6.07) is 37.9. The second-order valence-electron chi connectivity index (χ2n) is 12.2. The molecule has 50 heavy (non-hydrogen) atoms. The van der Waals surface area contributed by atoms with E-state index < -0.39 is 11.9 Å². The van der Waals surface area contributed by atoms with Crippen molar-refractivity contribution in [1.82, 2.24) is 0 Å². The average Bonchev–Trinajstić information content (AvgIpc) is 3.15. The van der Waals surface area contributed by atoms with Crippen molar-refractivity contribution in [2.75, 3.05) is 0 Å². The first-order chi connectivity index (χ1) is 24.2. The van der Waals surface area contributed by atoms with Crippen LogP contribution in [0.3, 0.4) is 0 Å². The third kappa shape index (κ3) is 12.1. The van der Waals surface area contributed by atoms with Gasteiger partial charge in [0.1, 0.15) is 11.5 Å². The summed E-state index contributed by atoms with van der Waals surface area (Å²) >= 11 is 0. The van der Waals surface area contributed by atoms with E-state index in [1.54, 1.807) is 36.4 Å². The quantitative estimate of drug-likeness (QED) is 0.0595. The van der Waals surface area contributed by atoms with Gasteiger partial charge in [-0.05, 0) is 88.1 Å². The van der Waals surface area contributed by atoms with Crippen LogP contribution in [-0.4, -0.2) is 24.1 Å². The molecule has 4 aromatic carbocycles. The molecule has 0 radical (unpaired) electrons. The lowest BCUT2D eigenvalue weighted by Crippen LogP contribution is -2.22. The van der Waals surface area contributed by atoms with Crippen LogP contribution in [0, 0.1) is 0 Å². The number of rotatable bonds is 18. The van der Waals surface area contributed by atoms with Crippen molar-refractivity contribution in [3.05, 3.63) is 179 Å². The van der Waals surface area contributed by atoms with Crippen molar-refractivity contribution in [3.8, 4) is 0 Å². The number of carbonyl (C=O) groups is 2. The highest BCUT2D eigenvalue weighted by Crippen LogP contribution is 2.30. The van der Waals surface area contributed by atoms with Gasteiger partial charge in [-0.25, -0.2) is 9.59 Å². The molecule has 0 bridgehead atoms. The highest BCUT2D eigenvalue weighted by Gasteiger charge is 2.24. The van der Waals surface area contributed by atoms with Crippen LogP contribution < -0.4 is 0 Å². The summed E-state index contributed by atoms with van der Waals surface area (Å²) in [7, 11) is 0. The molecule has 0 heterocycles. The molecule has 6 nitrogen and oxygen atoms in total. The van der Waals surface area contributed by atoms with E-state index in [1.807, 2.05) is 125 Å². The Morgan fingerprint density at radius 1 is 0.540 bits per heavy atom. The first kappa shape index (κ1) is 37.8. The number of hydrogen-bond acceptors (Lipinski definition) is 6. The van der Waals surface area contributed by atoms with Gasteiger partial charge in [-0.2, -0.15) is 0 Å². The lowest BCUT2D eigenvalue weighted by atomic mass is 9.98. The van der Waals surface area contributed by atoms with E-state index in [0.29, 0.717) is 48.3 Å². The van der Waals surface area contributed by atoms with Gasteiger partial charge in [-0.15, -0.1) is 0 Å². The van der Waals surface area contributed by atoms with E-state index in [0.717, 1.165) is 16.7 Å². The maximum absolute atomic E-state index is 12.9.